The predicted molar refractivity (Wildman–Crippen MR) is 183 cm³/mol. The summed E-state index contributed by atoms with van der Waals surface area (Å²) in [5.41, 5.74) is 9.84. The van der Waals surface area contributed by atoms with E-state index >= 15 is 0 Å². The van der Waals surface area contributed by atoms with Gasteiger partial charge in [0.05, 0.1) is 6.20 Å². The van der Waals surface area contributed by atoms with E-state index in [9.17, 15) is 0 Å². The standard InChI is InChI=1S/C40H36N4O.Pt/c1-7-28-17-18-41-38(19-28)44-36-14-9-8-13-34(36)35-16-15-32(23-37(35)44)45-33-21-30(40(4,5)6)20-31(22-33)43-25-29(24-42-43)39-26(2)11-10-12-27(39)3;/h8-21,24-25H,7H2,1-6H3;/q-2;+2. The Balaban J connectivity index is 0.00000372. The summed E-state index contributed by atoms with van der Waals surface area (Å²) in [6, 6.07) is 34.4. The zero-order valence-electron chi connectivity index (χ0n) is 27.0. The first-order valence-electron chi connectivity index (χ1n) is 15.5. The molecule has 7 rings (SSSR count). The summed E-state index contributed by atoms with van der Waals surface area (Å²) in [5.74, 6) is 2.10. The molecule has 7 aromatic rings. The van der Waals surface area contributed by atoms with Crippen LogP contribution in [0.2, 0.25) is 0 Å². The molecule has 0 spiro atoms. The van der Waals surface area contributed by atoms with Gasteiger partial charge in [0, 0.05) is 35.0 Å². The van der Waals surface area contributed by atoms with Crippen LogP contribution in [0, 0.1) is 26.0 Å². The Morgan fingerprint density at radius 2 is 1.61 bits per heavy atom. The summed E-state index contributed by atoms with van der Waals surface area (Å²) in [4.78, 5) is 4.75. The van der Waals surface area contributed by atoms with Crippen molar-refractivity contribution in [1.82, 2.24) is 19.3 Å². The Morgan fingerprint density at radius 3 is 2.37 bits per heavy atom. The molecule has 0 aliphatic carbocycles. The Labute approximate surface area is 285 Å². The van der Waals surface area contributed by atoms with Gasteiger partial charge in [0.1, 0.15) is 5.82 Å². The van der Waals surface area contributed by atoms with Gasteiger partial charge in [-0.05, 0) is 77.2 Å². The number of pyridine rings is 1. The van der Waals surface area contributed by atoms with Crippen LogP contribution in [0.1, 0.15) is 49.9 Å². The van der Waals surface area contributed by atoms with Crippen LogP contribution in [-0.2, 0) is 32.9 Å². The van der Waals surface area contributed by atoms with Crippen LogP contribution in [-0.4, -0.2) is 19.3 Å². The van der Waals surface area contributed by atoms with Crippen LogP contribution in [0.15, 0.2) is 97.5 Å². The van der Waals surface area contributed by atoms with Crippen molar-refractivity contribution in [2.24, 2.45) is 0 Å². The maximum atomic E-state index is 6.56. The number of aromatic nitrogens is 4. The summed E-state index contributed by atoms with van der Waals surface area (Å²) in [6.07, 6.45) is 6.82. The number of hydrogen-bond donors (Lipinski definition) is 0. The normalized spacial score (nSPS) is 11.6. The Bertz CT molecular complexity index is 2180. The molecule has 6 heteroatoms. The number of benzene rings is 4. The van der Waals surface area contributed by atoms with Gasteiger partial charge in [-0.3, -0.25) is 4.68 Å². The second-order valence-electron chi connectivity index (χ2n) is 12.7. The summed E-state index contributed by atoms with van der Waals surface area (Å²) in [5, 5.41) is 7.01. The van der Waals surface area contributed by atoms with Crippen LogP contribution < -0.4 is 4.74 Å². The fourth-order valence-corrected chi connectivity index (χ4v) is 6.09. The molecule has 3 aromatic heterocycles. The summed E-state index contributed by atoms with van der Waals surface area (Å²) < 4.78 is 10.6. The third-order valence-corrected chi connectivity index (χ3v) is 8.52. The molecule has 0 aliphatic heterocycles. The smallest absolute Gasteiger partial charge is 0.509 e. The first-order valence-corrected chi connectivity index (χ1v) is 15.5. The number of hydrogen-bond acceptors (Lipinski definition) is 3. The van der Waals surface area contributed by atoms with Crippen molar-refractivity contribution in [3.63, 3.8) is 0 Å². The molecule has 46 heavy (non-hydrogen) atoms. The number of rotatable bonds is 6. The first-order chi connectivity index (χ1) is 21.7. The van der Waals surface area contributed by atoms with Gasteiger partial charge in [0.2, 0.25) is 0 Å². The van der Waals surface area contributed by atoms with E-state index in [2.05, 4.69) is 137 Å². The van der Waals surface area contributed by atoms with Gasteiger partial charge >= 0.3 is 21.1 Å². The fraction of sp³-hybridized carbons (Fsp3) is 0.200. The molecular formula is C40H36N4OPt. The number of para-hydroxylation sites is 1. The molecule has 4 aromatic carbocycles. The maximum absolute atomic E-state index is 6.56. The van der Waals surface area contributed by atoms with Gasteiger partial charge in [-0.2, -0.15) is 11.2 Å². The van der Waals surface area contributed by atoms with Crippen molar-refractivity contribution in [2.75, 3.05) is 0 Å². The van der Waals surface area contributed by atoms with Crippen molar-refractivity contribution in [3.05, 3.63) is 132 Å². The van der Waals surface area contributed by atoms with Crippen LogP contribution in [0.25, 0.3) is 44.4 Å². The minimum Gasteiger partial charge on any atom is -0.509 e. The minimum absolute atomic E-state index is 0. The van der Waals surface area contributed by atoms with E-state index in [0.29, 0.717) is 11.5 Å². The van der Waals surface area contributed by atoms with Crippen LogP contribution in [0.3, 0.4) is 0 Å². The van der Waals surface area contributed by atoms with E-state index < -0.39 is 0 Å². The van der Waals surface area contributed by atoms with E-state index in [0.717, 1.165) is 50.9 Å². The molecule has 0 N–H and O–H groups in total. The monoisotopic (exact) mass is 783 g/mol. The van der Waals surface area contributed by atoms with Crippen LogP contribution in [0.5, 0.6) is 11.5 Å². The Kier molecular flexibility index (Phi) is 8.48. The summed E-state index contributed by atoms with van der Waals surface area (Å²) in [7, 11) is 0. The van der Waals surface area contributed by atoms with Gasteiger partial charge in [-0.1, -0.05) is 69.6 Å². The van der Waals surface area contributed by atoms with E-state index in [1.807, 2.05) is 23.1 Å². The number of nitrogens with zero attached hydrogens (tertiary/aromatic N) is 4. The molecule has 0 aliphatic rings. The molecule has 0 saturated heterocycles. The SMILES string of the molecule is CCc1ccnc(-n2c3[c-]c(Oc4[c-]c(-n5cc(-c6c(C)cccc6C)cn5)cc(C(C)(C)C)c4)ccc3c3ccccc32)c1.[Pt+2]. The molecule has 0 unspecified atom stereocenters. The van der Waals surface area contributed by atoms with E-state index in [4.69, 9.17) is 14.8 Å². The van der Waals surface area contributed by atoms with Gasteiger partial charge in [0.15, 0.2) is 0 Å². The molecule has 0 amide bonds. The molecular weight excluding hydrogens is 748 g/mol. The van der Waals surface area contributed by atoms with Gasteiger partial charge < -0.3 is 9.30 Å². The average Bonchev–Trinajstić information content (AvgIpc) is 3.63. The number of aryl methyl sites for hydroxylation is 3. The summed E-state index contributed by atoms with van der Waals surface area (Å²) in [6.45, 7) is 13.1. The Hall–Kier alpha value is -4.47. The molecule has 0 saturated carbocycles. The van der Waals surface area contributed by atoms with Crippen molar-refractivity contribution >= 4 is 21.8 Å². The van der Waals surface area contributed by atoms with Gasteiger partial charge in [-0.15, -0.1) is 41.3 Å². The molecule has 3 heterocycles. The van der Waals surface area contributed by atoms with Gasteiger partial charge in [-0.25, -0.2) is 4.98 Å². The second kappa shape index (κ2) is 12.4. The number of fused-ring (bicyclic) bond motifs is 3. The molecule has 0 radical (unpaired) electrons. The van der Waals surface area contributed by atoms with E-state index in [-0.39, 0.29) is 26.5 Å². The largest absolute Gasteiger partial charge is 2.00 e. The molecule has 5 nitrogen and oxygen atoms in total. The predicted octanol–water partition coefficient (Wildman–Crippen LogP) is 9.90. The van der Waals surface area contributed by atoms with Crippen molar-refractivity contribution < 1.29 is 25.8 Å². The third kappa shape index (κ3) is 5.81. The molecule has 232 valence electrons. The Morgan fingerprint density at radius 1 is 0.826 bits per heavy atom. The molecule has 0 atom stereocenters. The maximum Gasteiger partial charge on any atom is 2.00 e. The van der Waals surface area contributed by atoms with Crippen LogP contribution >= 0.6 is 0 Å². The van der Waals surface area contributed by atoms with Crippen molar-refractivity contribution in [3.8, 4) is 34.1 Å². The van der Waals surface area contributed by atoms with Crippen LogP contribution in [0.4, 0.5) is 0 Å². The zero-order valence-corrected chi connectivity index (χ0v) is 29.2. The van der Waals surface area contributed by atoms with Crippen molar-refractivity contribution in [2.45, 2.75) is 53.4 Å². The number of ether oxygens (including phenoxy) is 1. The summed E-state index contributed by atoms with van der Waals surface area (Å²) >= 11 is 0. The second-order valence-corrected chi connectivity index (χ2v) is 12.7. The quantitative estimate of drug-likeness (QED) is 0.158. The zero-order chi connectivity index (χ0) is 31.3. The topological polar surface area (TPSA) is 44.9 Å². The third-order valence-electron chi connectivity index (χ3n) is 8.52. The van der Waals surface area contributed by atoms with E-state index in [1.54, 1.807) is 0 Å². The first kappa shape index (κ1) is 31.5. The van der Waals surface area contributed by atoms with Crippen molar-refractivity contribution in [1.29, 1.82) is 0 Å². The molecule has 0 bridgehead atoms. The fourth-order valence-electron chi connectivity index (χ4n) is 6.09. The minimum atomic E-state index is -0.111. The van der Waals surface area contributed by atoms with Gasteiger partial charge in [0.25, 0.3) is 0 Å². The van der Waals surface area contributed by atoms with E-state index in [1.165, 1.54) is 22.3 Å². The average molecular weight is 784 g/mol. The molecule has 0 fully saturated rings.